The molecule has 0 bridgehead atoms. The largest absolute Gasteiger partial charge is 0.507 e. The molecule has 5 unspecified atom stereocenters. The monoisotopic (exact) mass is 628 g/mol. The molecular weight excluding hydrogens is 584 g/mol. The second kappa shape index (κ2) is 12.4. The number of rotatable bonds is 9. The number of hydrogen-bond donors (Lipinski definition) is 2. The number of ketones is 6. The van der Waals surface area contributed by atoms with Gasteiger partial charge < -0.3 is 10.2 Å². The highest BCUT2D eigenvalue weighted by Crippen LogP contribution is 2.54. The molecule has 2 aromatic carbocycles. The number of hydrogen-bond acceptors (Lipinski definition) is 8. The van der Waals surface area contributed by atoms with Crippen LogP contribution in [0.5, 0.6) is 5.75 Å². The van der Waals surface area contributed by atoms with Gasteiger partial charge in [-0.05, 0) is 79.0 Å². The molecule has 46 heavy (non-hydrogen) atoms. The number of carbonyl (C=O) groups excluding carboxylic acids is 6. The van der Waals surface area contributed by atoms with Gasteiger partial charge in [-0.15, -0.1) is 0 Å². The first kappa shape index (κ1) is 33.6. The maximum absolute atomic E-state index is 14.3. The Kier molecular flexibility index (Phi) is 9.08. The van der Waals surface area contributed by atoms with Crippen LogP contribution in [0, 0.1) is 35.5 Å². The summed E-state index contributed by atoms with van der Waals surface area (Å²) in [5.41, 5.74) is 1.32. The summed E-state index contributed by atoms with van der Waals surface area (Å²) in [7, 11) is 0. The van der Waals surface area contributed by atoms with Gasteiger partial charge in [0.1, 0.15) is 17.5 Å². The van der Waals surface area contributed by atoms with Gasteiger partial charge in [-0.2, -0.15) is 0 Å². The fourth-order valence-electron chi connectivity index (χ4n) is 8.37. The third kappa shape index (κ3) is 5.28. The predicted molar refractivity (Wildman–Crippen MR) is 171 cm³/mol. The van der Waals surface area contributed by atoms with Crippen LogP contribution in [0.1, 0.15) is 110 Å². The van der Waals surface area contributed by atoms with Crippen LogP contribution in [0.25, 0.3) is 0 Å². The lowest BCUT2D eigenvalue weighted by atomic mass is 9.49. The summed E-state index contributed by atoms with van der Waals surface area (Å²) in [6.07, 6.45) is 2.65. The molecule has 0 aliphatic heterocycles. The van der Waals surface area contributed by atoms with Crippen LogP contribution >= 0.6 is 0 Å². The molecule has 2 saturated carbocycles. The Balaban J connectivity index is 1.49. The van der Waals surface area contributed by atoms with Crippen LogP contribution in [-0.4, -0.2) is 50.5 Å². The second-order valence-electron chi connectivity index (χ2n) is 14.2. The first-order chi connectivity index (χ1) is 21.6. The standard InChI is InChI=1S/C38H44O8/c1-7-28(40)22-13-11-21(12-14-22)9-8-10-23-15-25(18(2)3)26-16-24-17-27-29(19(4)5)34(42)30(20(6)39)36(44)38(27,46)37(45)31(24)35(43)32(26)33(23)41/h11-15,18-19,24,27,29-31,41,46H,7-10,16-17H2,1-6H3/t24?,27?,29?,30?,31?,38-/m0/s1. The third-order valence-corrected chi connectivity index (χ3v) is 10.7. The van der Waals surface area contributed by atoms with Crippen LogP contribution in [-0.2, 0) is 38.4 Å². The molecular formula is C38H44O8. The summed E-state index contributed by atoms with van der Waals surface area (Å²) in [6, 6.07) is 9.42. The molecule has 2 N–H and O–H groups in total. The number of phenols is 1. The fourth-order valence-corrected chi connectivity index (χ4v) is 8.37. The van der Waals surface area contributed by atoms with E-state index in [1.165, 1.54) is 0 Å². The minimum absolute atomic E-state index is 0.00916. The molecule has 244 valence electrons. The number of aromatic hydroxyl groups is 1. The van der Waals surface area contributed by atoms with E-state index in [1.807, 2.05) is 51.1 Å². The van der Waals surface area contributed by atoms with E-state index in [2.05, 4.69) is 0 Å². The molecule has 5 rings (SSSR count). The molecule has 3 aliphatic rings. The highest BCUT2D eigenvalue weighted by atomic mass is 16.3. The van der Waals surface area contributed by atoms with E-state index in [0.717, 1.165) is 18.1 Å². The van der Waals surface area contributed by atoms with Crippen molar-refractivity contribution < 1.29 is 39.0 Å². The van der Waals surface area contributed by atoms with E-state index >= 15 is 0 Å². The van der Waals surface area contributed by atoms with Crippen LogP contribution < -0.4 is 0 Å². The molecule has 6 atom stereocenters. The zero-order valence-corrected chi connectivity index (χ0v) is 27.5. The first-order valence-electron chi connectivity index (χ1n) is 16.5. The number of Topliss-reactive ketones (excluding diaryl/α,β-unsaturated/α-hetero) is 6. The summed E-state index contributed by atoms with van der Waals surface area (Å²) < 4.78 is 0. The second-order valence-corrected chi connectivity index (χ2v) is 14.2. The van der Waals surface area contributed by atoms with Gasteiger partial charge in [0.2, 0.25) is 0 Å². The number of carbonyl (C=O) groups is 6. The van der Waals surface area contributed by atoms with Gasteiger partial charge in [0, 0.05) is 23.8 Å². The van der Waals surface area contributed by atoms with E-state index in [9.17, 15) is 39.0 Å². The molecule has 8 heteroatoms. The van der Waals surface area contributed by atoms with Crippen molar-refractivity contribution in [2.45, 2.75) is 91.6 Å². The van der Waals surface area contributed by atoms with E-state index in [-0.39, 0.29) is 41.8 Å². The van der Waals surface area contributed by atoms with Crippen LogP contribution in [0.4, 0.5) is 0 Å². The van der Waals surface area contributed by atoms with Crippen LogP contribution in [0.3, 0.4) is 0 Å². The van der Waals surface area contributed by atoms with Crippen molar-refractivity contribution in [2.24, 2.45) is 35.5 Å². The van der Waals surface area contributed by atoms with Gasteiger partial charge in [-0.1, -0.05) is 65.0 Å². The SMILES string of the molecule is CCC(=O)c1ccc(CCCc2cc(C(C)C)c3c(c2O)C(=O)C2C(=O)[C@@]4(O)C(=O)C(C(C)=O)C(=O)C(C(C)C)C4CC2C3)cc1. The van der Waals surface area contributed by atoms with Gasteiger partial charge in [0.15, 0.2) is 34.5 Å². The number of phenolic OH excluding ortho intramolecular Hbond substituents is 1. The Morgan fingerprint density at radius 2 is 1.63 bits per heavy atom. The Labute approximate surface area is 270 Å². The summed E-state index contributed by atoms with van der Waals surface area (Å²) in [5, 5.41) is 23.4. The first-order valence-corrected chi connectivity index (χ1v) is 16.5. The van der Waals surface area contributed by atoms with Crippen molar-refractivity contribution in [3.8, 4) is 5.75 Å². The van der Waals surface area contributed by atoms with Crippen molar-refractivity contribution in [3.63, 3.8) is 0 Å². The number of aliphatic hydroxyl groups is 1. The maximum Gasteiger partial charge on any atom is 0.190 e. The average Bonchev–Trinajstić information content (AvgIpc) is 2.99. The molecule has 0 radical (unpaired) electrons. The van der Waals surface area contributed by atoms with Crippen LogP contribution in [0.2, 0.25) is 0 Å². The van der Waals surface area contributed by atoms with Crippen molar-refractivity contribution in [1.82, 2.24) is 0 Å². The highest BCUT2D eigenvalue weighted by Gasteiger charge is 2.68. The maximum atomic E-state index is 14.3. The predicted octanol–water partition coefficient (Wildman–Crippen LogP) is 5.20. The number of benzene rings is 2. The summed E-state index contributed by atoms with van der Waals surface area (Å²) in [4.78, 5) is 79.9. The normalized spacial score (nSPS) is 27.5. The lowest BCUT2D eigenvalue weighted by molar-refractivity contribution is -0.182. The molecule has 0 heterocycles. The Morgan fingerprint density at radius 1 is 0.978 bits per heavy atom. The van der Waals surface area contributed by atoms with E-state index in [0.29, 0.717) is 42.4 Å². The third-order valence-electron chi connectivity index (χ3n) is 10.7. The van der Waals surface area contributed by atoms with Gasteiger partial charge in [0.25, 0.3) is 0 Å². The van der Waals surface area contributed by atoms with Crippen LogP contribution in [0.15, 0.2) is 30.3 Å². The molecule has 0 amide bonds. The minimum Gasteiger partial charge on any atom is -0.507 e. The molecule has 0 spiro atoms. The zero-order valence-electron chi connectivity index (χ0n) is 27.5. The van der Waals surface area contributed by atoms with Crippen molar-refractivity contribution >= 4 is 34.7 Å². The molecule has 3 aliphatic carbocycles. The minimum atomic E-state index is -2.63. The molecule has 0 saturated heterocycles. The summed E-state index contributed by atoms with van der Waals surface area (Å²) in [6.45, 7) is 10.5. The lowest BCUT2D eigenvalue weighted by Gasteiger charge is -2.52. The van der Waals surface area contributed by atoms with Gasteiger partial charge in [-0.3, -0.25) is 28.8 Å². The van der Waals surface area contributed by atoms with E-state index < -0.39 is 64.1 Å². The summed E-state index contributed by atoms with van der Waals surface area (Å²) in [5.74, 6) is -10.0. The topological polar surface area (TPSA) is 143 Å². The van der Waals surface area contributed by atoms with Crippen molar-refractivity contribution in [3.05, 3.63) is 63.7 Å². The van der Waals surface area contributed by atoms with E-state index in [4.69, 9.17) is 0 Å². The number of aryl methyl sites for hydroxylation is 2. The average molecular weight is 629 g/mol. The lowest BCUT2D eigenvalue weighted by Crippen LogP contribution is -2.70. The van der Waals surface area contributed by atoms with Gasteiger partial charge in [-0.25, -0.2) is 0 Å². The molecule has 2 aromatic rings. The number of fused-ring (bicyclic) bond motifs is 3. The molecule has 8 nitrogen and oxygen atoms in total. The van der Waals surface area contributed by atoms with Gasteiger partial charge >= 0.3 is 0 Å². The quantitative estimate of drug-likeness (QED) is 0.285. The summed E-state index contributed by atoms with van der Waals surface area (Å²) >= 11 is 0. The Morgan fingerprint density at radius 3 is 2.20 bits per heavy atom. The molecule has 0 aromatic heterocycles. The van der Waals surface area contributed by atoms with E-state index in [1.54, 1.807) is 13.8 Å². The Bertz CT molecular complexity index is 1630. The zero-order chi connectivity index (χ0) is 33.8. The Hall–Kier alpha value is -3.78. The van der Waals surface area contributed by atoms with Gasteiger partial charge in [0.05, 0.1) is 11.5 Å². The fraction of sp³-hybridized carbons (Fsp3) is 0.526. The highest BCUT2D eigenvalue weighted by molar-refractivity contribution is 6.32. The smallest absolute Gasteiger partial charge is 0.190 e. The van der Waals surface area contributed by atoms with Crippen molar-refractivity contribution in [1.29, 1.82) is 0 Å². The molecule has 2 fully saturated rings. The van der Waals surface area contributed by atoms with Crippen molar-refractivity contribution in [2.75, 3.05) is 0 Å².